The number of para-hydroxylation sites is 1. The summed E-state index contributed by atoms with van der Waals surface area (Å²) in [6, 6.07) is 8.80. The lowest BCUT2D eigenvalue weighted by atomic mass is 10.1. The lowest BCUT2D eigenvalue weighted by Gasteiger charge is -2.11. The maximum Gasteiger partial charge on any atom is 0.162 e. The smallest absolute Gasteiger partial charge is 0.162 e. The lowest BCUT2D eigenvalue weighted by Crippen LogP contribution is -2.02. The molecule has 4 nitrogen and oxygen atoms in total. The van der Waals surface area contributed by atoms with Crippen molar-refractivity contribution >= 4 is 5.69 Å². The first-order valence-electron chi connectivity index (χ1n) is 5.76. The molecule has 0 bridgehead atoms. The van der Waals surface area contributed by atoms with E-state index in [9.17, 15) is 10.2 Å². The molecule has 0 aliphatic rings. The molecule has 4 heteroatoms. The molecule has 0 aliphatic carbocycles. The Bertz CT molecular complexity index is 568. The van der Waals surface area contributed by atoms with Crippen LogP contribution in [0, 0.1) is 13.8 Å². The number of nitrogens with one attached hydrogen (secondary N) is 1. The molecule has 1 aromatic carbocycles. The first-order valence-corrected chi connectivity index (χ1v) is 5.76. The van der Waals surface area contributed by atoms with Gasteiger partial charge in [0.25, 0.3) is 0 Å². The van der Waals surface area contributed by atoms with Crippen molar-refractivity contribution in [1.29, 1.82) is 0 Å². The fourth-order valence-electron chi connectivity index (χ4n) is 1.78. The number of hydrogen-bond donors (Lipinski definition) is 3. The van der Waals surface area contributed by atoms with Crippen LogP contribution in [0.25, 0.3) is 0 Å². The van der Waals surface area contributed by atoms with Gasteiger partial charge in [0.15, 0.2) is 11.5 Å². The molecule has 0 radical (unpaired) electrons. The Labute approximate surface area is 106 Å². The van der Waals surface area contributed by atoms with Gasteiger partial charge in [-0.05, 0) is 32.0 Å². The van der Waals surface area contributed by atoms with E-state index >= 15 is 0 Å². The topological polar surface area (TPSA) is 65.4 Å². The number of anilines is 1. The molecule has 0 saturated carbocycles. The summed E-state index contributed by atoms with van der Waals surface area (Å²) >= 11 is 0. The van der Waals surface area contributed by atoms with Crippen molar-refractivity contribution < 1.29 is 10.2 Å². The van der Waals surface area contributed by atoms with Gasteiger partial charge < -0.3 is 15.5 Å². The molecule has 94 valence electrons. The molecular weight excluding hydrogens is 228 g/mol. The molecule has 2 rings (SSSR count). The highest BCUT2D eigenvalue weighted by molar-refractivity contribution is 5.50. The van der Waals surface area contributed by atoms with Gasteiger partial charge in [-0.15, -0.1) is 0 Å². The standard InChI is InChI=1S/C14H16N2O2/c1-9-6-7-12(10(2)16-9)15-8-11-4-3-5-13(17)14(11)18/h3-7,15,17-18H,8H2,1-2H3. The summed E-state index contributed by atoms with van der Waals surface area (Å²) in [5.74, 6) is -0.184. The van der Waals surface area contributed by atoms with Crippen LogP contribution in [0.1, 0.15) is 17.0 Å². The van der Waals surface area contributed by atoms with Crippen LogP contribution >= 0.6 is 0 Å². The summed E-state index contributed by atoms with van der Waals surface area (Å²) in [6.45, 7) is 4.31. The van der Waals surface area contributed by atoms with Crippen LogP contribution in [0.4, 0.5) is 5.69 Å². The van der Waals surface area contributed by atoms with E-state index in [1.807, 2.05) is 26.0 Å². The number of aromatic nitrogens is 1. The summed E-state index contributed by atoms with van der Waals surface area (Å²) in [6.07, 6.45) is 0. The number of pyridine rings is 1. The molecule has 2 aromatic rings. The van der Waals surface area contributed by atoms with Gasteiger partial charge in [0.1, 0.15) is 0 Å². The van der Waals surface area contributed by atoms with Crippen LogP contribution in [0.3, 0.4) is 0 Å². The second-order valence-electron chi connectivity index (χ2n) is 4.22. The highest BCUT2D eigenvalue weighted by Crippen LogP contribution is 2.28. The maximum atomic E-state index is 9.68. The Morgan fingerprint density at radius 1 is 1.11 bits per heavy atom. The fourth-order valence-corrected chi connectivity index (χ4v) is 1.78. The number of phenols is 2. The van der Waals surface area contributed by atoms with Gasteiger partial charge in [-0.1, -0.05) is 12.1 Å². The summed E-state index contributed by atoms with van der Waals surface area (Å²) < 4.78 is 0. The van der Waals surface area contributed by atoms with Gasteiger partial charge >= 0.3 is 0 Å². The van der Waals surface area contributed by atoms with Crippen LogP contribution in [-0.4, -0.2) is 15.2 Å². The highest BCUT2D eigenvalue weighted by atomic mass is 16.3. The molecule has 0 unspecified atom stereocenters. The molecule has 18 heavy (non-hydrogen) atoms. The molecule has 0 spiro atoms. The van der Waals surface area contributed by atoms with Gasteiger partial charge in [0, 0.05) is 17.8 Å². The zero-order valence-electron chi connectivity index (χ0n) is 10.4. The monoisotopic (exact) mass is 244 g/mol. The predicted octanol–water partition coefficient (Wildman–Crippen LogP) is 2.72. The van der Waals surface area contributed by atoms with Crippen LogP contribution in [0.5, 0.6) is 11.5 Å². The second kappa shape index (κ2) is 4.96. The third kappa shape index (κ3) is 2.53. The molecule has 0 amide bonds. The molecule has 1 aromatic heterocycles. The SMILES string of the molecule is Cc1ccc(NCc2cccc(O)c2O)c(C)n1. The Morgan fingerprint density at radius 3 is 2.61 bits per heavy atom. The molecule has 0 fully saturated rings. The van der Waals surface area contributed by atoms with Crippen molar-refractivity contribution in [3.05, 3.63) is 47.3 Å². The minimum absolute atomic E-state index is 0.0808. The van der Waals surface area contributed by atoms with Gasteiger partial charge in [-0.2, -0.15) is 0 Å². The van der Waals surface area contributed by atoms with Crippen molar-refractivity contribution in [3.8, 4) is 11.5 Å². The number of nitrogens with zero attached hydrogens (tertiary/aromatic N) is 1. The minimum atomic E-state index is -0.104. The largest absolute Gasteiger partial charge is 0.504 e. The van der Waals surface area contributed by atoms with E-state index in [1.54, 1.807) is 12.1 Å². The fraction of sp³-hybridized carbons (Fsp3) is 0.214. The number of phenolic OH excluding ortho intramolecular Hbond substituents is 2. The molecule has 0 saturated heterocycles. The lowest BCUT2D eigenvalue weighted by molar-refractivity contribution is 0.400. The van der Waals surface area contributed by atoms with E-state index < -0.39 is 0 Å². The average molecular weight is 244 g/mol. The first-order chi connectivity index (χ1) is 8.58. The number of rotatable bonds is 3. The van der Waals surface area contributed by atoms with Crippen LogP contribution in [0.2, 0.25) is 0 Å². The predicted molar refractivity (Wildman–Crippen MR) is 70.8 cm³/mol. The van der Waals surface area contributed by atoms with Gasteiger partial charge in [0.05, 0.1) is 11.4 Å². The Balaban J connectivity index is 2.14. The van der Waals surface area contributed by atoms with Crippen molar-refractivity contribution in [3.63, 3.8) is 0 Å². The first kappa shape index (κ1) is 12.2. The Morgan fingerprint density at radius 2 is 1.89 bits per heavy atom. The summed E-state index contributed by atoms with van der Waals surface area (Å²) in [7, 11) is 0. The van der Waals surface area contributed by atoms with E-state index in [4.69, 9.17) is 0 Å². The van der Waals surface area contributed by atoms with Gasteiger partial charge in [-0.3, -0.25) is 4.98 Å². The van der Waals surface area contributed by atoms with E-state index in [0.29, 0.717) is 12.1 Å². The Kier molecular flexibility index (Phi) is 3.37. The zero-order chi connectivity index (χ0) is 13.1. The zero-order valence-corrected chi connectivity index (χ0v) is 10.4. The van der Waals surface area contributed by atoms with Crippen molar-refractivity contribution in [2.45, 2.75) is 20.4 Å². The van der Waals surface area contributed by atoms with Crippen LogP contribution < -0.4 is 5.32 Å². The van der Waals surface area contributed by atoms with Crippen LogP contribution in [-0.2, 0) is 6.54 Å². The van der Waals surface area contributed by atoms with Crippen molar-refractivity contribution in [2.75, 3.05) is 5.32 Å². The highest BCUT2D eigenvalue weighted by Gasteiger charge is 2.06. The molecule has 0 atom stereocenters. The van der Waals surface area contributed by atoms with E-state index in [-0.39, 0.29) is 11.5 Å². The quantitative estimate of drug-likeness (QED) is 0.726. The van der Waals surface area contributed by atoms with Crippen molar-refractivity contribution in [2.24, 2.45) is 0 Å². The average Bonchev–Trinajstić information content (AvgIpc) is 2.33. The number of benzene rings is 1. The molecule has 1 heterocycles. The van der Waals surface area contributed by atoms with Crippen molar-refractivity contribution in [1.82, 2.24) is 4.98 Å². The van der Waals surface area contributed by atoms with Crippen LogP contribution in [0.15, 0.2) is 30.3 Å². The van der Waals surface area contributed by atoms with E-state index in [2.05, 4.69) is 10.3 Å². The molecule has 3 N–H and O–H groups in total. The summed E-state index contributed by atoms with van der Waals surface area (Å²) in [4.78, 5) is 4.35. The Hall–Kier alpha value is -2.23. The summed E-state index contributed by atoms with van der Waals surface area (Å²) in [5, 5.41) is 22.3. The third-order valence-corrected chi connectivity index (χ3v) is 2.79. The minimum Gasteiger partial charge on any atom is -0.504 e. The molecule has 0 aliphatic heterocycles. The number of aromatic hydroxyl groups is 2. The number of aryl methyl sites for hydroxylation is 2. The van der Waals surface area contributed by atoms with Gasteiger partial charge in [-0.25, -0.2) is 0 Å². The van der Waals surface area contributed by atoms with E-state index in [0.717, 1.165) is 17.1 Å². The molecular formula is C14H16N2O2. The number of hydrogen-bond acceptors (Lipinski definition) is 4. The maximum absolute atomic E-state index is 9.68. The third-order valence-electron chi connectivity index (χ3n) is 2.79. The second-order valence-corrected chi connectivity index (χ2v) is 4.22. The normalized spacial score (nSPS) is 10.3. The van der Waals surface area contributed by atoms with E-state index in [1.165, 1.54) is 6.07 Å². The van der Waals surface area contributed by atoms with Gasteiger partial charge in [0.2, 0.25) is 0 Å². The summed E-state index contributed by atoms with van der Waals surface area (Å²) in [5.41, 5.74) is 3.45.